The Morgan fingerprint density at radius 1 is 1.36 bits per heavy atom. The van der Waals surface area contributed by atoms with Gasteiger partial charge in [-0.25, -0.2) is 4.57 Å². The zero-order valence-electron chi connectivity index (χ0n) is 8.74. The molecule has 0 fully saturated rings. The largest absolute Gasteiger partial charge is 1.00 e. The molecule has 4 heteroatoms. The maximum Gasteiger partial charge on any atom is 0.188 e. The second kappa shape index (κ2) is 6.92. The van der Waals surface area contributed by atoms with E-state index in [2.05, 4.69) is 11.5 Å². The van der Waals surface area contributed by atoms with Crippen LogP contribution in [0.25, 0.3) is 0 Å². The molecule has 0 spiro atoms. The van der Waals surface area contributed by atoms with Crippen molar-refractivity contribution in [2.24, 2.45) is 0 Å². The Labute approximate surface area is 95.4 Å². The van der Waals surface area contributed by atoms with E-state index in [0.717, 1.165) is 12.1 Å². The van der Waals surface area contributed by atoms with Crippen molar-refractivity contribution < 1.29 is 31.0 Å². The molecule has 0 saturated carbocycles. The quantitative estimate of drug-likeness (QED) is 0.476. The normalized spacial score (nSPS) is 10.0. The van der Waals surface area contributed by atoms with E-state index < -0.39 is 0 Å². The number of methoxy groups -OCH3 is 2. The topological polar surface area (TPSA) is 22.3 Å². The molecule has 0 unspecified atom stereocenters. The number of aromatic nitrogens is 1. The molecule has 0 aliphatic heterocycles. The van der Waals surface area contributed by atoms with Crippen LogP contribution in [0.2, 0.25) is 0 Å². The highest BCUT2D eigenvalue weighted by Crippen LogP contribution is 2.14. The molecule has 0 aliphatic carbocycles. The minimum absolute atomic E-state index is 0. The monoisotopic (exact) mass is 261 g/mol. The summed E-state index contributed by atoms with van der Waals surface area (Å²) < 4.78 is 12.4. The minimum atomic E-state index is -0.265. The van der Waals surface area contributed by atoms with Gasteiger partial charge in [-0.15, -0.1) is 0 Å². The lowest BCUT2D eigenvalue weighted by Gasteiger charge is -2.11. The molecule has 1 aromatic rings. The Kier molecular flexibility index (Phi) is 6.70. The maximum atomic E-state index is 5.15. The molecular weight excluding hydrogens is 246 g/mol. The van der Waals surface area contributed by atoms with Crippen LogP contribution in [0.3, 0.4) is 0 Å². The molecule has 3 nitrogen and oxygen atoms in total. The third-order valence-electron chi connectivity index (χ3n) is 1.95. The number of hydrogen-bond donors (Lipinski definition) is 0. The Balaban J connectivity index is 0.00000169. The van der Waals surface area contributed by atoms with Gasteiger partial charge in [0.15, 0.2) is 18.7 Å². The van der Waals surface area contributed by atoms with Crippen LogP contribution < -0.4 is 21.5 Å². The van der Waals surface area contributed by atoms with Crippen LogP contribution in [0.5, 0.6) is 0 Å². The maximum absolute atomic E-state index is 5.15. The molecule has 1 rings (SSSR count). The SMILES string of the molecule is CC[n+]1cccc(C(OC)OC)c1.[Br-]. The molecule has 14 heavy (non-hydrogen) atoms. The van der Waals surface area contributed by atoms with Gasteiger partial charge in [0.1, 0.15) is 6.54 Å². The lowest BCUT2D eigenvalue weighted by molar-refractivity contribution is -0.694. The summed E-state index contributed by atoms with van der Waals surface area (Å²) in [5.74, 6) is 0. The number of hydrogen-bond acceptors (Lipinski definition) is 2. The Bertz CT molecular complexity index is 264. The van der Waals surface area contributed by atoms with Crippen molar-refractivity contribution in [1.29, 1.82) is 0 Å². The first-order valence-corrected chi connectivity index (χ1v) is 4.36. The van der Waals surface area contributed by atoms with Gasteiger partial charge < -0.3 is 26.5 Å². The van der Waals surface area contributed by atoms with Crippen molar-refractivity contribution in [3.05, 3.63) is 30.1 Å². The van der Waals surface area contributed by atoms with Crippen molar-refractivity contribution in [3.8, 4) is 0 Å². The summed E-state index contributed by atoms with van der Waals surface area (Å²) in [6.07, 6.45) is 3.78. The highest BCUT2D eigenvalue weighted by atomic mass is 79.9. The second-order valence-corrected chi connectivity index (χ2v) is 2.77. The molecule has 0 radical (unpaired) electrons. The molecule has 0 bridgehead atoms. The van der Waals surface area contributed by atoms with Crippen molar-refractivity contribution in [2.75, 3.05) is 14.2 Å². The highest BCUT2D eigenvalue weighted by Gasteiger charge is 2.11. The average Bonchev–Trinajstić information content (AvgIpc) is 2.20. The fourth-order valence-electron chi connectivity index (χ4n) is 1.25. The molecule has 80 valence electrons. The van der Waals surface area contributed by atoms with Crippen molar-refractivity contribution >= 4 is 0 Å². The number of ether oxygens (including phenoxy) is 2. The van der Waals surface area contributed by atoms with Crippen LogP contribution in [-0.2, 0) is 16.0 Å². The highest BCUT2D eigenvalue weighted by molar-refractivity contribution is 5.06. The zero-order valence-corrected chi connectivity index (χ0v) is 10.3. The Hall–Kier alpha value is -0.450. The summed E-state index contributed by atoms with van der Waals surface area (Å²) in [4.78, 5) is 0. The molecule has 0 aromatic carbocycles. The Morgan fingerprint density at radius 2 is 2.00 bits per heavy atom. The van der Waals surface area contributed by atoms with E-state index in [1.807, 2.05) is 24.5 Å². The van der Waals surface area contributed by atoms with Gasteiger partial charge in [0.2, 0.25) is 0 Å². The average molecular weight is 262 g/mol. The van der Waals surface area contributed by atoms with E-state index in [1.165, 1.54) is 0 Å². The second-order valence-electron chi connectivity index (χ2n) is 2.77. The van der Waals surface area contributed by atoms with Gasteiger partial charge in [-0.2, -0.15) is 0 Å². The van der Waals surface area contributed by atoms with Gasteiger partial charge in [0.25, 0.3) is 0 Å². The van der Waals surface area contributed by atoms with Crippen LogP contribution in [0, 0.1) is 0 Å². The molecule has 0 amide bonds. The summed E-state index contributed by atoms with van der Waals surface area (Å²) in [6.45, 7) is 3.05. The first-order valence-electron chi connectivity index (χ1n) is 4.36. The van der Waals surface area contributed by atoms with E-state index in [-0.39, 0.29) is 23.3 Å². The van der Waals surface area contributed by atoms with Gasteiger partial charge in [-0.3, -0.25) is 0 Å². The van der Waals surface area contributed by atoms with E-state index in [4.69, 9.17) is 9.47 Å². The number of pyridine rings is 1. The van der Waals surface area contributed by atoms with Gasteiger partial charge in [-0.1, -0.05) is 0 Å². The summed E-state index contributed by atoms with van der Waals surface area (Å²) in [5, 5.41) is 0. The standard InChI is InChI=1S/C10H16NO2.BrH/c1-4-11-7-5-6-9(8-11)10(12-2)13-3;/h5-8,10H,4H2,1-3H3;1H/q+1;/p-1. The number of halogens is 1. The summed E-state index contributed by atoms with van der Waals surface area (Å²) in [7, 11) is 3.27. The number of rotatable bonds is 4. The number of aryl methyl sites for hydroxylation is 1. The van der Waals surface area contributed by atoms with Crippen LogP contribution in [-0.4, -0.2) is 14.2 Å². The summed E-state index contributed by atoms with van der Waals surface area (Å²) >= 11 is 0. The molecular formula is C10H16BrNO2. The zero-order chi connectivity index (χ0) is 9.68. The molecule has 0 N–H and O–H groups in total. The smallest absolute Gasteiger partial charge is 0.188 e. The van der Waals surface area contributed by atoms with E-state index in [1.54, 1.807) is 14.2 Å². The van der Waals surface area contributed by atoms with E-state index in [9.17, 15) is 0 Å². The van der Waals surface area contributed by atoms with Crippen LogP contribution in [0.4, 0.5) is 0 Å². The predicted octanol–water partition coefficient (Wildman–Crippen LogP) is -1.71. The molecule has 0 saturated heterocycles. The number of nitrogens with zero attached hydrogens (tertiary/aromatic N) is 1. The van der Waals surface area contributed by atoms with Crippen molar-refractivity contribution in [3.63, 3.8) is 0 Å². The first-order chi connectivity index (χ1) is 6.31. The summed E-state index contributed by atoms with van der Waals surface area (Å²) in [6, 6.07) is 3.98. The van der Waals surface area contributed by atoms with Crippen LogP contribution >= 0.6 is 0 Å². The molecule has 0 aliphatic rings. The Morgan fingerprint density at radius 3 is 2.50 bits per heavy atom. The van der Waals surface area contributed by atoms with Gasteiger partial charge in [0, 0.05) is 20.3 Å². The molecule has 1 aromatic heterocycles. The van der Waals surface area contributed by atoms with Gasteiger partial charge >= 0.3 is 0 Å². The van der Waals surface area contributed by atoms with Crippen molar-refractivity contribution in [1.82, 2.24) is 0 Å². The third kappa shape index (κ3) is 3.36. The van der Waals surface area contributed by atoms with Gasteiger partial charge in [-0.05, 0) is 13.0 Å². The van der Waals surface area contributed by atoms with Crippen LogP contribution in [0.15, 0.2) is 24.5 Å². The van der Waals surface area contributed by atoms with E-state index in [0.29, 0.717) is 0 Å². The van der Waals surface area contributed by atoms with E-state index >= 15 is 0 Å². The lowest BCUT2D eigenvalue weighted by Crippen LogP contribution is -3.00. The lowest BCUT2D eigenvalue weighted by atomic mass is 10.3. The van der Waals surface area contributed by atoms with Crippen molar-refractivity contribution in [2.45, 2.75) is 19.8 Å². The third-order valence-corrected chi connectivity index (χ3v) is 1.95. The fourth-order valence-corrected chi connectivity index (χ4v) is 1.25. The summed E-state index contributed by atoms with van der Waals surface area (Å²) in [5.41, 5.74) is 1.04. The molecule has 0 atom stereocenters. The first kappa shape index (κ1) is 13.5. The minimum Gasteiger partial charge on any atom is -1.00 e. The van der Waals surface area contributed by atoms with Crippen LogP contribution in [0.1, 0.15) is 18.8 Å². The predicted molar refractivity (Wildman–Crippen MR) is 49.1 cm³/mol. The fraction of sp³-hybridized carbons (Fsp3) is 0.500. The van der Waals surface area contributed by atoms with Gasteiger partial charge in [0.05, 0.1) is 5.56 Å². The molecule has 1 heterocycles.